The maximum atomic E-state index is 12.2. The molecule has 0 aliphatic rings. The smallest absolute Gasteiger partial charge is 0.248 e. The lowest BCUT2D eigenvalue weighted by Gasteiger charge is -2.01. The van der Waals surface area contributed by atoms with Crippen LogP contribution >= 0.6 is 15.9 Å². The molecule has 0 spiro atoms. The number of amides is 1. The van der Waals surface area contributed by atoms with Crippen molar-refractivity contribution < 1.29 is 9.21 Å². The van der Waals surface area contributed by atoms with Crippen molar-refractivity contribution in [2.24, 2.45) is 0 Å². The number of nitrogens with one attached hydrogen (secondary N) is 1. The predicted octanol–water partition coefficient (Wildman–Crippen LogP) is 5.30. The van der Waals surface area contributed by atoms with Crippen LogP contribution in [0.4, 0.5) is 5.69 Å². The molecule has 0 saturated carbocycles. The quantitative estimate of drug-likeness (QED) is 0.455. The third-order valence-corrected chi connectivity index (χ3v) is 4.39. The van der Waals surface area contributed by atoms with E-state index in [-0.39, 0.29) is 5.91 Å². The van der Waals surface area contributed by atoms with Crippen LogP contribution in [0.1, 0.15) is 5.56 Å². The van der Waals surface area contributed by atoms with Crippen LogP contribution in [-0.2, 0) is 4.79 Å². The average Bonchev–Trinajstić information content (AvgIpc) is 3.12. The van der Waals surface area contributed by atoms with Crippen LogP contribution < -0.4 is 5.32 Å². The number of hydrogen-bond donors (Lipinski definition) is 1. The maximum Gasteiger partial charge on any atom is 0.248 e. The van der Waals surface area contributed by atoms with E-state index in [1.54, 1.807) is 36.7 Å². The summed E-state index contributed by atoms with van der Waals surface area (Å²) in [5, 5.41) is 2.84. The number of nitrogens with zero attached hydrogens (tertiary/aromatic N) is 2. The molecule has 2 heterocycles. The van der Waals surface area contributed by atoms with Gasteiger partial charge in [0.15, 0.2) is 5.58 Å². The van der Waals surface area contributed by atoms with Gasteiger partial charge in [0.1, 0.15) is 5.52 Å². The van der Waals surface area contributed by atoms with Gasteiger partial charge in [-0.05, 0) is 54.1 Å². The van der Waals surface area contributed by atoms with Crippen LogP contribution in [0.25, 0.3) is 28.6 Å². The molecular formula is C21H14BrN3O2. The molecule has 0 radical (unpaired) electrons. The van der Waals surface area contributed by atoms with E-state index in [4.69, 9.17) is 4.42 Å². The Morgan fingerprint density at radius 2 is 1.96 bits per heavy atom. The molecule has 2 aromatic heterocycles. The van der Waals surface area contributed by atoms with Crippen molar-refractivity contribution in [3.05, 3.63) is 83.1 Å². The Hall–Kier alpha value is -3.25. The first kappa shape index (κ1) is 17.2. The second-order valence-corrected chi connectivity index (χ2v) is 6.73. The van der Waals surface area contributed by atoms with Crippen molar-refractivity contribution in [2.75, 3.05) is 5.32 Å². The van der Waals surface area contributed by atoms with Crippen LogP contribution in [0.2, 0.25) is 0 Å². The second kappa shape index (κ2) is 7.55. The standard InChI is InChI=1S/C21H14BrN3O2/c22-16-6-3-14(4-7-16)5-10-20(26)24-17-8-9-19-18(12-17)25-21(27-19)15-2-1-11-23-13-15/h1-13H,(H,24,26)/b10-5+. The van der Waals surface area contributed by atoms with E-state index < -0.39 is 0 Å². The first-order valence-corrected chi connectivity index (χ1v) is 9.02. The summed E-state index contributed by atoms with van der Waals surface area (Å²) in [4.78, 5) is 20.7. The summed E-state index contributed by atoms with van der Waals surface area (Å²) >= 11 is 3.39. The molecule has 27 heavy (non-hydrogen) atoms. The molecular weight excluding hydrogens is 406 g/mol. The molecule has 4 rings (SSSR count). The van der Waals surface area contributed by atoms with Gasteiger partial charge in [0, 0.05) is 28.6 Å². The fraction of sp³-hybridized carbons (Fsp3) is 0. The van der Waals surface area contributed by atoms with Crippen molar-refractivity contribution in [3.8, 4) is 11.5 Å². The SMILES string of the molecule is O=C(/C=C/c1ccc(Br)cc1)Nc1ccc2oc(-c3cccnc3)nc2c1. The number of benzene rings is 2. The number of hydrogen-bond acceptors (Lipinski definition) is 4. The van der Waals surface area contributed by atoms with Gasteiger partial charge in [-0.15, -0.1) is 0 Å². The number of fused-ring (bicyclic) bond motifs is 1. The van der Waals surface area contributed by atoms with Gasteiger partial charge >= 0.3 is 0 Å². The second-order valence-electron chi connectivity index (χ2n) is 5.82. The van der Waals surface area contributed by atoms with Gasteiger partial charge in [-0.2, -0.15) is 0 Å². The normalized spacial score (nSPS) is 11.1. The first-order valence-electron chi connectivity index (χ1n) is 8.23. The van der Waals surface area contributed by atoms with E-state index in [1.165, 1.54) is 6.08 Å². The van der Waals surface area contributed by atoms with Gasteiger partial charge < -0.3 is 9.73 Å². The van der Waals surface area contributed by atoms with Crippen LogP contribution in [0.5, 0.6) is 0 Å². The summed E-state index contributed by atoms with van der Waals surface area (Å²) in [6.45, 7) is 0. The molecule has 2 aromatic carbocycles. The molecule has 0 atom stereocenters. The lowest BCUT2D eigenvalue weighted by molar-refractivity contribution is -0.111. The van der Waals surface area contributed by atoms with Gasteiger partial charge in [-0.1, -0.05) is 28.1 Å². The third-order valence-electron chi connectivity index (χ3n) is 3.86. The van der Waals surface area contributed by atoms with Crippen molar-refractivity contribution in [2.45, 2.75) is 0 Å². The van der Waals surface area contributed by atoms with Crippen molar-refractivity contribution in [1.82, 2.24) is 9.97 Å². The minimum Gasteiger partial charge on any atom is -0.436 e. The van der Waals surface area contributed by atoms with E-state index in [0.29, 0.717) is 22.7 Å². The molecule has 0 unspecified atom stereocenters. The largest absolute Gasteiger partial charge is 0.436 e. The Morgan fingerprint density at radius 3 is 2.74 bits per heavy atom. The summed E-state index contributed by atoms with van der Waals surface area (Å²) in [6.07, 6.45) is 6.65. The summed E-state index contributed by atoms with van der Waals surface area (Å²) in [5.41, 5.74) is 3.72. The van der Waals surface area contributed by atoms with Crippen LogP contribution in [0, 0.1) is 0 Å². The van der Waals surface area contributed by atoms with Gasteiger partial charge in [0.05, 0.1) is 5.56 Å². The summed E-state index contributed by atoms with van der Waals surface area (Å²) < 4.78 is 6.74. The van der Waals surface area contributed by atoms with Crippen molar-refractivity contribution in [1.29, 1.82) is 0 Å². The number of rotatable bonds is 4. The maximum absolute atomic E-state index is 12.2. The van der Waals surface area contributed by atoms with Gasteiger partial charge in [-0.25, -0.2) is 4.98 Å². The summed E-state index contributed by atoms with van der Waals surface area (Å²) in [6, 6.07) is 16.8. The third kappa shape index (κ3) is 4.12. The molecule has 0 fully saturated rings. The highest BCUT2D eigenvalue weighted by Gasteiger charge is 2.09. The van der Waals surface area contributed by atoms with Crippen LogP contribution in [0.15, 0.2) is 82.0 Å². The number of anilines is 1. The number of carbonyl (C=O) groups is 1. The van der Waals surface area contributed by atoms with E-state index in [1.807, 2.05) is 36.4 Å². The highest BCUT2D eigenvalue weighted by atomic mass is 79.9. The summed E-state index contributed by atoms with van der Waals surface area (Å²) in [5.74, 6) is 0.282. The molecule has 4 aromatic rings. The van der Waals surface area contributed by atoms with E-state index in [0.717, 1.165) is 15.6 Å². The Bertz CT molecular complexity index is 1120. The van der Waals surface area contributed by atoms with Crippen molar-refractivity contribution in [3.63, 3.8) is 0 Å². The molecule has 0 bridgehead atoms. The van der Waals surface area contributed by atoms with Gasteiger partial charge in [0.2, 0.25) is 11.8 Å². The molecule has 1 N–H and O–H groups in total. The van der Waals surface area contributed by atoms with Crippen LogP contribution in [-0.4, -0.2) is 15.9 Å². The monoisotopic (exact) mass is 419 g/mol. The molecule has 0 saturated heterocycles. The number of oxazole rings is 1. The van der Waals surface area contributed by atoms with E-state index >= 15 is 0 Å². The average molecular weight is 420 g/mol. The zero-order chi connectivity index (χ0) is 18.6. The van der Waals surface area contributed by atoms with E-state index in [2.05, 4.69) is 31.2 Å². The molecule has 0 aliphatic heterocycles. The van der Waals surface area contributed by atoms with Gasteiger partial charge in [-0.3, -0.25) is 9.78 Å². The lowest BCUT2D eigenvalue weighted by atomic mass is 10.2. The fourth-order valence-corrected chi connectivity index (χ4v) is 2.81. The number of carbonyl (C=O) groups excluding carboxylic acids is 1. The highest BCUT2D eigenvalue weighted by Crippen LogP contribution is 2.25. The molecule has 132 valence electrons. The first-order chi connectivity index (χ1) is 13.2. The molecule has 6 heteroatoms. The zero-order valence-corrected chi connectivity index (χ0v) is 15.7. The number of halogens is 1. The topological polar surface area (TPSA) is 68.0 Å². The van der Waals surface area contributed by atoms with Crippen LogP contribution in [0.3, 0.4) is 0 Å². The van der Waals surface area contributed by atoms with Gasteiger partial charge in [0.25, 0.3) is 0 Å². The predicted molar refractivity (Wildman–Crippen MR) is 109 cm³/mol. The Labute approximate surface area is 163 Å². The van der Waals surface area contributed by atoms with E-state index in [9.17, 15) is 4.79 Å². The Balaban J connectivity index is 1.50. The van der Waals surface area contributed by atoms with Crippen molar-refractivity contribution >= 4 is 44.7 Å². The highest BCUT2D eigenvalue weighted by molar-refractivity contribution is 9.10. The summed E-state index contributed by atoms with van der Waals surface area (Å²) in [7, 11) is 0. The fourth-order valence-electron chi connectivity index (χ4n) is 2.55. The molecule has 0 aliphatic carbocycles. The number of pyridine rings is 1. The number of aromatic nitrogens is 2. The Kier molecular flexibility index (Phi) is 4.80. The minimum absolute atomic E-state index is 0.215. The molecule has 1 amide bonds. The zero-order valence-electron chi connectivity index (χ0n) is 14.1. The minimum atomic E-state index is -0.215. The Morgan fingerprint density at radius 1 is 1.11 bits per heavy atom. The molecule has 5 nitrogen and oxygen atoms in total. The lowest BCUT2D eigenvalue weighted by Crippen LogP contribution is -2.07.